The Bertz CT molecular complexity index is 251. The van der Waals surface area contributed by atoms with Crippen molar-refractivity contribution in [2.24, 2.45) is 0 Å². The van der Waals surface area contributed by atoms with E-state index < -0.39 is 0 Å². The maximum absolute atomic E-state index is 6.70. The Morgan fingerprint density at radius 2 is 2.50 bits per heavy atom. The fraction of sp³-hybridized carbons (Fsp3) is 0. The molecule has 1 rings (SSSR count). The minimum atomic E-state index is 0.785. The van der Waals surface area contributed by atoms with Gasteiger partial charge in [-0.3, -0.25) is 0 Å². The van der Waals surface area contributed by atoms with Crippen LogP contribution in [0.4, 0.5) is 0 Å². The van der Waals surface area contributed by atoms with Crippen LogP contribution in [0.2, 0.25) is 0 Å². The third-order valence-electron chi connectivity index (χ3n) is 0.917. The Balaban J connectivity index is 2.75. The lowest BCUT2D eigenvalue weighted by atomic mass is 10.5. The van der Waals surface area contributed by atoms with Crippen LogP contribution in [0.25, 0.3) is 6.08 Å². The fourth-order valence-electron chi connectivity index (χ4n) is 0.538. The number of nitrogens with zero attached hydrogens (tertiary/aromatic N) is 1. The predicted octanol–water partition coefficient (Wildman–Crippen LogP) is 1.68. The van der Waals surface area contributed by atoms with E-state index in [0.29, 0.717) is 0 Å². The molecule has 0 aliphatic rings. The number of nitrogens with one attached hydrogen (secondary N) is 2. The molecule has 0 radical (unpaired) electrons. The molecular weight excluding hydrogens is 241 g/mol. The summed E-state index contributed by atoms with van der Waals surface area (Å²) >= 11 is 2.12. The highest BCUT2D eigenvalue weighted by Crippen LogP contribution is 2.00. The smallest absolute Gasteiger partial charge is 0.131 e. The van der Waals surface area contributed by atoms with Gasteiger partial charge in [-0.05, 0) is 34.7 Å². The van der Waals surface area contributed by atoms with E-state index in [1.165, 1.54) is 6.21 Å². The Morgan fingerprint density at radius 1 is 1.70 bits per heavy atom. The van der Waals surface area contributed by atoms with Crippen molar-refractivity contribution in [3.05, 3.63) is 21.8 Å². The van der Waals surface area contributed by atoms with E-state index in [1.807, 2.05) is 6.20 Å². The summed E-state index contributed by atoms with van der Waals surface area (Å²) in [6.07, 6.45) is 6.39. The summed E-state index contributed by atoms with van der Waals surface area (Å²) in [7, 11) is 0. The van der Waals surface area contributed by atoms with Crippen LogP contribution in [-0.2, 0) is 0 Å². The van der Waals surface area contributed by atoms with Gasteiger partial charge < -0.3 is 10.4 Å². The molecule has 1 aromatic heterocycles. The van der Waals surface area contributed by atoms with E-state index >= 15 is 0 Å². The van der Waals surface area contributed by atoms with Gasteiger partial charge in [0.2, 0.25) is 0 Å². The first-order valence-corrected chi connectivity index (χ1v) is 3.79. The fourth-order valence-corrected chi connectivity index (χ4v) is 0.953. The summed E-state index contributed by atoms with van der Waals surface area (Å²) in [6, 6.07) is 0. The molecule has 3 nitrogen and oxygen atoms in total. The van der Waals surface area contributed by atoms with E-state index in [1.54, 1.807) is 12.2 Å². The second-order valence-electron chi connectivity index (χ2n) is 1.63. The lowest BCUT2D eigenvalue weighted by Crippen LogP contribution is -1.73. The molecule has 0 aliphatic heterocycles. The zero-order chi connectivity index (χ0) is 7.40. The van der Waals surface area contributed by atoms with Crippen LogP contribution in [-0.4, -0.2) is 16.2 Å². The molecule has 0 aliphatic carbocycles. The van der Waals surface area contributed by atoms with Crippen molar-refractivity contribution in [1.82, 2.24) is 9.97 Å². The van der Waals surface area contributed by atoms with Gasteiger partial charge >= 0.3 is 0 Å². The van der Waals surface area contributed by atoms with Crippen LogP contribution in [0, 0.1) is 9.11 Å². The number of hydrogen-bond donors (Lipinski definition) is 2. The highest BCUT2D eigenvalue weighted by molar-refractivity contribution is 14.1. The molecule has 0 saturated heterocycles. The van der Waals surface area contributed by atoms with Crippen LogP contribution < -0.4 is 0 Å². The molecule has 0 amide bonds. The normalized spacial score (nSPS) is 10.5. The minimum absolute atomic E-state index is 0.785. The van der Waals surface area contributed by atoms with Gasteiger partial charge in [-0.1, -0.05) is 0 Å². The second-order valence-corrected chi connectivity index (χ2v) is 2.74. The third kappa shape index (κ3) is 1.94. The number of halogens is 1. The number of rotatable bonds is 2. The van der Waals surface area contributed by atoms with Gasteiger partial charge in [0.05, 0.1) is 0 Å². The average molecular weight is 247 g/mol. The summed E-state index contributed by atoms with van der Waals surface area (Å²) in [6.45, 7) is 0. The van der Waals surface area contributed by atoms with Crippen LogP contribution in [0.3, 0.4) is 0 Å². The first-order chi connectivity index (χ1) is 4.83. The van der Waals surface area contributed by atoms with Gasteiger partial charge in [0, 0.05) is 12.4 Å². The monoisotopic (exact) mass is 247 g/mol. The third-order valence-corrected chi connectivity index (χ3v) is 1.47. The van der Waals surface area contributed by atoms with Gasteiger partial charge in [-0.2, -0.15) is 0 Å². The first kappa shape index (κ1) is 7.46. The van der Waals surface area contributed by atoms with Crippen molar-refractivity contribution < 1.29 is 0 Å². The molecule has 4 heteroatoms. The van der Waals surface area contributed by atoms with Crippen LogP contribution in [0.5, 0.6) is 0 Å². The molecule has 1 aromatic rings. The highest BCUT2D eigenvalue weighted by Gasteiger charge is 1.90. The summed E-state index contributed by atoms with van der Waals surface area (Å²) in [4.78, 5) is 7.02. The van der Waals surface area contributed by atoms with Crippen LogP contribution in [0.1, 0.15) is 5.82 Å². The number of allylic oxidation sites excluding steroid dienone is 1. The van der Waals surface area contributed by atoms with Crippen molar-refractivity contribution in [3.63, 3.8) is 0 Å². The number of imidazole rings is 1. The van der Waals surface area contributed by atoms with Crippen molar-refractivity contribution in [2.45, 2.75) is 0 Å². The number of H-pyrrole nitrogens is 1. The molecule has 0 fully saturated rings. The topological polar surface area (TPSA) is 52.5 Å². The highest BCUT2D eigenvalue weighted by atomic mass is 127. The largest absolute Gasteiger partial charge is 0.344 e. The Kier molecular flexibility index (Phi) is 2.61. The van der Waals surface area contributed by atoms with Gasteiger partial charge in [0.1, 0.15) is 9.53 Å². The van der Waals surface area contributed by atoms with Crippen LogP contribution >= 0.6 is 22.6 Å². The standard InChI is InChI=1S/C6H6IN3/c7-5-4-9-6(10-5)2-1-3-8/h1-4,8H,(H,9,10)/b2-1-,8-3?. The van der Waals surface area contributed by atoms with Crippen molar-refractivity contribution in [3.8, 4) is 0 Å². The van der Waals surface area contributed by atoms with Gasteiger partial charge in [0.25, 0.3) is 0 Å². The average Bonchev–Trinajstić information content (AvgIpc) is 2.31. The molecule has 0 aromatic carbocycles. The molecule has 52 valence electrons. The van der Waals surface area contributed by atoms with Crippen molar-refractivity contribution in [2.75, 3.05) is 0 Å². The van der Waals surface area contributed by atoms with Crippen LogP contribution in [0.15, 0.2) is 12.3 Å². The molecule has 0 unspecified atom stereocenters. The number of aromatic amines is 1. The van der Waals surface area contributed by atoms with Gasteiger partial charge in [0.15, 0.2) is 0 Å². The molecule has 1 heterocycles. The van der Waals surface area contributed by atoms with E-state index in [-0.39, 0.29) is 0 Å². The van der Waals surface area contributed by atoms with E-state index in [2.05, 4.69) is 32.6 Å². The molecule has 0 bridgehead atoms. The Labute approximate surface area is 72.2 Å². The van der Waals surface area contributed by atoms with E-state index in [0.717, 1.165) is 9.53 Å². The minimum Gasteiger partial charge on any atom is -0.344 e. The van der Waals surface area contributed by atoms with E-state index in [4.69, 9.17) is 5.41 Å². The zero-order valence-electron chi connectivity index (χ0n) is 5.13. The molecular formula is C6H6IN3. The maximum Gasteiger partial charge on any atom is 0.131 e. The number of aromatic nitrogens is 2. The van der Waals surface area contributed by atoms with E-state index in [9.17, 15) is 0 Å². The lowest BCUT2D eigenvalue weighted by Gasteiger charge is -1.77. The van der Waals surface area contributed by atoms with Crippen molar-refractivity contribution in [1.29, 1.82) is 5.41 Å². The van der Waals surface area contributed by atoms with Crippen molar-refractivity contribution >= 4 is 34.9 Å². The summed E-state index contributed by atoms with van der Waals surface area (Å²) < 4.78 is 0.933. The summed E-state index contributed by atoms with van der Waals surface area (Å²) in [5, 5.41) is 6.70. The molecule has 0 atom stereocenters. The SMILES string of the molecule is N=C/C=C\c1nc(I)c[nH]1. The van der Waals surface area contributed by atoms with Gasteiger partial charge in [-0.25, -0.2) is 4.98 Å². The zero-order valence-corrected chi connectivity index (χ0v) is 7.29. The second kappa shape index (κ2) is 3.50. The summed E-state index contributed by atoms with van der Waals surface area (Å²) in [5.41, 5.74) is 0. The first-order valence-electron chi connectivity index (χ1n) is 2.71. The predicted molar refractivity (Wildman–Crippen MR) is 49.1 cm³/mol. The number of hydrogen-bond acceptors (Lipinski definition) is 2. The molecule has 0 saturated carbocycles. The Hall–Kier alpha value is -0.650. The molecule has 0 spiro atoms. The molecule has 2 N–H and O–H groups in total. The quantitative estimate of drug-likeness (QED) is 0.606. The summed E-state index contributed by atoms with van der Waals surface area (Å²) in [5.74, 6) is 0.785. The van der Waals surface area contributed by atoms with Gasteiger partial charge in [-0.15, -0.1) is 0 Å². The lowest BCUT2D eigenvalue weighted by molar-refractivity contribution is 1.25. The molecule has 10 heavy (non-hydrogen) atoms. The maximum atomic E-state index is 6.70. The Morgan fingerprint density at radius 3 is 3.00 bits per heavy atom.